The second kappa shape index (κ2) is 8.60. The van der Waals surface area contributed by atoms with Gasteiger partial charge >= 0.3 is 5.97 Å². The number of amides is 3. The molecule has 2 aliphatic heterocycles. The van der Waals surface area contributed by atoms with Gasteiger partial charge in [-0.3, -0.25) is 19.3 Å². The van der Waals surface area contributed by atoms with Gasteiger partial charge in [0.25, 0.3) is 11.1 Å². The predicted molar refractivity (Wildman–Crippen MR) is 105 cm³/mol. The number of likely N-dealkylation sites (tertiary alicyclic amines) is 1. The van der Waals surface area contributed by atoms with Crippen LogP contribution in [0, 0.1) is 0 Å². The van der Waals surface area contributed by atoms with Crippen molar-refractivity contribution in [2.75, 3.05) is 20.2 Å². The smallest absolute Gasteiger partial charge is 0.337 e. The summed E-state index contributed by atoms with van der Waals surface area (Å²) in [6, 6.07) is 6.64. The van der Waals surface area contributed by atoms with Gasteiger partial charge < -0.3 is 9.64 Å². The van der Waals surface area contributed by atoms with E-state index in [1.54, 1.807) is 35.2 Å². The molecule has 1 aromatic carbocycles. The number of hydrogen-bond donors (Lipinski definition) is 0. The van der Waals surface area contributed by atoms with Gasteiger partial charge in [0.2, 0.25) is 5.91 Å². The third-order valence-electron chi connectivity index (χ3n) is 4.92. The molecule has 148 valence electrons. The fourth-order valence-electron chi connectivity index (χ4n) is 3.32. The van der Waals surface area contributed by atoms with Crippen molar-refractivity contribution in [1.29, 1.82) is 0 Å². The van der Waals surface area contributed by atoms with Crippen LogP contribution < -0.4 is 0 Å². The van der Waals surface area contributed by atoms with E-state index in [1.807, 2.05) is 6.92 Å². The van der Waals surface area contributed by atoms with Crippen LogP contribution in [-0.4, -0.2) is 59.1 Å². The Labute approximate surface area is 167 Å². The van der Waals surface area contributed by atoms with Crippen molar-refractivity contribution in [3.05, 3.63) is 40.3 Å². The van der Waals surface area contributed by atoms with Crippen LogP contribution in [0.25, 0.3) is 6.08 Å². The maximum absolute atomic E-state index is 12.6. The van der Waals surface area contributed by atoms with Gasteiger partial charge in [0.1, 0.15) is 6.54 Å². The maximum atomic E-state index is 12.6. The van der Waals surface area contributed by atoms with Gasteiger partial charge in [-0.05, 0) is 61.7 Å². The summed E-state index contributed by atoms with van der Waals surface area (Å²) in [5.41, 5.74) is 1.07. The van der Waals surface area contributed by atoms with E-state index in [2.05, 4.69) is 4.74 Å². The van der Waals surface area contributed by atoms with E-state index in [-0.39, 0.29) is 23.4 Å². The van der Waals surface area contributed by atoms with Crippen molar-refractivity contribution >= 4 is 40.9 Å². The Hall–Kier alpha value is -2.61. The Morgan fingerprint density at radius 2 is 1.93 bits per heavy atom. The molecule has 0 saturated carbocycles. The summed E-state index contributed by atoms with van der Waals surface area (Å²) in [6.07, 6.45) is 4.55. The highest BCUT2D eigenvalue weighted by atomic mass is 32.2. The molecule has 3 amide bonds. The average molecular weight is 402 g/mol. The van der Waals surface area contributed by atoms with Crippen LogP contribution in [0.1, 0.15) is 42.1 Å². The molecule has 2 heterocycles. The van der Waals surface area contributed by atoms with Crippen molar-refractivity contribution in [3.63, 3.8) is 0 Å². The Morgan fingerprint density at radius 1 is 1.21 bits per heavy atom. The molecule has 0 spiro atoms. The Kier molecular flexibility index (Phi) is 6.18. The maximum Gasteiger partial charge on any atom is 0.337 e. The second-order valence-electron chi connectivity index (χ2n) is 6.81. The molecule has 3 rings (SSSR count). The number of methoxy groups -OCH3 is 1. The van der Waals surface area contributed by atoms with Crippen molar-refractivity contribution in [2.24, 2.45) is 0 Å². The zero-order valence-electron chi connectivity index (χ0n) is 15.8. The van der Waals surface area contributed by atoms with E-state index in [0.717, 1.165) is 35.9 Å². The Balaban J connectivity index is 1.69. The fourth-order valence-corrected chi connectivity index (χ4v) is 4.15. The van der Waals surface area contributed by atoms with Crippen molar-refractivity contribution < 1.29 is 23.9 Å². The van der Waals surface area contributed by atoms with Gasteiger partial charge in [-0.15, -0.1) is 0 Å². The molecule has 8 heteroatoms. The minimum Gasteiger partial charge on any atom is -0.465 e. The third-order valence-corrected chi connectivity index (χ3v) is 5.83. The zero-order valence-corrected chi connectivity index (χ0v) is 16.7. The lowest BCUT2D eigenvalue weighted by atomic mass is 10.0. The van der Waals surface area contributed by atoms with Gasteiger partial charge in [0, 0.05) is 12.6 Å². The molecule has 0 radical (unpaired) electrons. The topological polar surface area (TPSA) is 84.0 Å². The lowest BCUT2D eigenvalue weighted by Gasteiger charge is -2.34. The number of hydrogen-bond acceptors (Lipinski definition) is 6. The zero-order chi connectivity index (χ0) is 20.3. The van der Waals surface area contributed by atoms with Gasteiger partial charge in [-0.1, -0.05) is 12.1 Å². The molecule has 0 aliphatic carbocycles. The molecule has 0 aromatic heterocycles. The highest BCUT2D eigenvalue weighted by molar-refractivity contribution is 8.18. The summed E-state index contributed by atoms with van der Waals surface area (Å²) in [7, 11) is 1.30. The van der Waals surface area contributed by atoms with Crippen molar-refractivity contribution in [3.8, 4) is 0 Å². The highest BCUT2D eigenvalue weighted by Gasteiger charge is 2.37. The average Bonchev–Trinajstić information content (AvgIpc) is 2.95. The lowest BCUT2D eigenvalue weighted by Crippen LogP contribution is -2.47. The summed E-state index contributed by atoms with van der Waals surface area (Å²) in [5, 5.41) is -0.444. The minimum atomic E-state index is -0.468. The van der Waals surface area contributed by atoms with E-state index in [9.17, 15) is 19.2 Å². The highest BCUT2D eigenvalue weighted by Crippen LogP contribution is 2.32. The van der Waals surface area contributed by atoms with Crippen molar-refractivity contribution in [1.82, 2.24) is 9.80 Å². The predicted octanol–water partition coefficient (Wildman–Crippen LogP) is 2.91. The van der Waals surface area contributed by atoms with Gasteiger partial charge in [-0.2, -0.15) is 0 Å². The standard InChI is InChI=1S/C20H22N2O5S/c1-13-5-3-4-10-21(13)17(23)12-22-18(24)16(28-20(22)26)11-14-6-8-15(9-7-14)19(25)27-2/h6-9,11,13H,3-5,10,12H2,1-2H3/b16-11-/t13-/m0/s1. The molecule has 1 aromatic rings. The van der Waals surface area contributed by atoms with Crippen LogP contribution >= 0.6 is 11.8 Å². The third kappa shape index (κ3) is 4.27. The molecule has 28 heavy (non-hydrogen) atoms. The van der Waals surface area contributed by atoms with Crippen LogP contribution in [-0.2, 0) is 14.3 Å². The van der Waals surface area contributed by atoms with E-state index >= 15 is 0 Å². The summed E-state index contributed by atoms with van der Waals surface area (Å²) in [4.78, 5) is 51.9. The van der Waals surface area contributed by atoms with E-state index < -0.39 is 17.1 Å². The van der Waals surface area contributed by atoms with Gasteiger partial charge in [-0.25, -0.2) is 4.79 Å². The summed E-state index contributed by atoms with van der Waals surface area (Å²) in [6.45, 7) is 2.43. The molecule has 0 unspecified atom stereocenters. The number of carbonyl (C=O) groups excluding carboxylic acids is 4. The normalized spacial score (nSPS) is 21.4. The number of benzene rings is 1. The van der Waals surface area contributed by atoms with E-state index in [1.165, 1.54) is 7.11 Å². The van der Waals surface area contributed by atoms with Crippen LogP contribution in [0.3, 0.4) is 0 Å². The number of rotatable bonds is 4. The van der Waals surface area contributed by atoms with E-state index in [0.29, 0.717) is 17.7 Å². The first kappa shape index (κ1) is 20.1. The van der Waals surface area contributed by atoms with Gasteiger partial charge in [0.15, 0.2) is 0 Å². The summed E-state index contributed by atoms with van der Waals surface area (Å²) in [5.74, 6) is -1.11. The Morgan fingerprint density at radius 3 is 2.57 bits per heavy atom. The quantitative estimate of drug-likeness (QED) is 0.569. The van der Waals surface area contributed by atoms with Gasteiger partial charge in [0.05, 0.1) is 17.6 Å². The fraction of sp³-hybridized carbons (Fsp3) is 0.400. The number of carbonyl (C=O) groups is 4. The largest absolute Gasteiger partial charge is 0.465 e. The second-order valence-corrected chi connectivity index (χ2v) is 7.81. The number of nitrogens with zero attached hydrogens (tertiary/aromatic N) is 2. The lowest BCUT2D eigenvalue weighted by molar-refractivity contribution is -0.138. The summed E-state index contributed by atoms with van der Waals surface area (Å²) >= 11 is 0.817. The molecule has 2 aliphatic rings. The molecule has 2 fully saturated rings. The number of esters is 1. The SMILES string of the molecule is COC(=O)c1ccc(/C=C2\SC(=O)N(CC(=O)N3CCCC[C@@H]3C)C2=O)cc1. The molecule has 1 atom stereocenters. The minimum absolute atomic E-state index is 0.130. The molecule has 2 saturated heterocycles. The van der Waals surface area contributed by atoms with E-state index in [4.69, 9.17) is 0 Å². The first-order valence-corrected chi connectivity index (χ1v) is 9.95. The Bertz CT molecular complexity index is 834. The molecule has 7 nitrogen and oxygen atoms in total. The van der Waals surface area contributed by atoms with Crippen LogP contribution in [0.2, 0.25) is 0 Å². The molecular formula is C20H22N2O5S. The monoisotopic (exact) mass is 402 g/mol. The molecular weight excluding hydrogens is 380 g/mol. The number of thioether (sulfide) groups is 1. The first-order chi connectivity index (χ1) is 13.4. The summed E-state index contributed by atoms with van der Waals surface area (Å²) < 4.78 is 4.65. The van der Waals surface area contributed by atoms with Crippen LogP contribution in [0.5, 0.6) is 0 Å². The van der Waals surface area contributed by atoms with Crippen molar-refractivity contribution in [2.45, 2.75) is 32.2 Å². The number of piperidine rings is 1. The van der Waals surface area contributed by atoms with Crippen LogP contribution in [0.4, 0.5) is 4.79 Å². The number of ether oxygens (including phenoxy) is 1. The van der Waals surface area contributed by atoms with Crippen LogP contribution in [0.15, 0.2) is 29.2 Å². The first-order valence-electron chi connectivity index (χ1n) is 9.14. The molecule has 0 bridgehead atoms. The molecule has 0 N–H and O–H groups in total. The number of imide groups is 1.